The summed E-state index contributed by atoms with van der Waals surface area (Å²) in [7, 11) is -3.64. The molecule has 0 saturated heterocycles. The molecule has 0 aliphatic carbocycles. The first-order valence-electron chi connectivity index (χ1n) is 8.57. The van der Waals surface area contributed by atoms with E-state index in [2.05, 4.69) is 19.9 Å². The second-order valence-electron chi connectivity index (χ2n) is 5.73. The van der Waals surface area contributed by atoms with Crippen LogP contribution in [0.25, 0.3) is 0 Å². The van der Waals surface area contributed by atoms with E-state index in [1.807, 2.05) is 13.0 Å². The Hall–Kier alpha value is -0.870. The summed E-state index contributed by atoms with van der Waals surface area (Å²) < 4.78 is 30.2. The molecule has 0 N–H and O–H groups in total. The molecule has 1 rings (SSSR count). The van der Waals surface area contributed by atoms with Gasteiger partial charge in [-0.2, -0.15) is 8.42 Å². The van der Waals surface area contributed by atoms with E-state index in [1.165, 1.54) is 0 Å². The van der Waals surface area contributed by atoms with Crippen molar-refractivity contribution in [2.45, 2.75) is 77.0 Å². The molecule has 0 radical (unpaired) electrons. The lowest BCUT2D eigenvalue weighted by atomic mass is 9.98. The fraction of sp³-hybridized carbons (Fsp3) is 0.667. The van der Waals surface area contributed by atoms with Crippen molar-refractivity contribution in [3.8, 4) is 0 Å². The highest BCUT2D eigenvalue weighted by Crippen LogP contribution is 2.25. The zero-order valence-electron chi connectivity index (χ0n) is 14.2. The highest BCUT2D eigenvalue weighted by atomic mass is 32.2. The van der Waals surface area contributed by atoms with E-state index >= 15 is 0 Å². The Morgan fingerprint density at radius 1 is 0.909 bits per heavy atom. The molecule has 0 aliphatic heterocycles. The van der Waals surface area contributed by atoms with Crippen molar-refractivity contribution in [2.24, 2.45) is 0 Å². The van der Waals surface area contributed by atoms with Crippen molar-refractivity contribution in [3.63, 3.8) is 0 Å². The van der Waals surface area contributed by atoms with Crippen LogP contribution in [0.1, 0.15) is 70.4 Å². The van der Waals surface area contributed by atoms with Gasteiger partial charge in [-0.25, -0.2) is 0 Å². The van der Waals surface area contributed by atoms with E-state index in [9.17, 15) is 8.42 Å². The van der Waals surface area contributed by atoms with E-state index in [4.69, 9.17) is 4.18 Å². The van der Waals surface area contributed by atoms with Crippen LogP contribution in [0.3, 0.4) is 0 Å². The van der Waals surface area contributed by atoms with Gasteiger partial charge in [-0.3, -0.25) is 4.18 Å². The SMILES string of the molecule is CCCCOS(=O)(=O)c1cccc(CCCC)c1CCCC. The highest BCUT2D eigenvalue weighted by Gasteiger charge is 2.21. The molecule has 0 aliphatic rings. The lowest BCUT2D eigenvalue weighted by Crippen LogP contribution is -2.12. The van der Waals surface area contributed by atoms with Crippen molar-refractivity contribution < 1.29 is 12.6 Å². The van der Waals surface area contributed by atoms with Crippen LogP contribution in [-0.4, -0.2) is 15.0 Å². The third-order valence-electron chi connectivity index (χ3n) is 3.82. The highest BCUT2D eigenvalue weighted by molar-refractivity contribution is 7.86. The summed E-state index contributed by atoms with van der Waals surface area (Å²) in [6.07, 6.45) is 7.68. The Balaban J connectivity index is 3.09. The van der Waals surface area contributed by atoms with Gasteiger partial charge in [0.25, 0.3) is 10.1 Å². The maximum absolute atomic E-state index is 12.5. The van der Waals surface area contributed by atoms with Crippen LogP contribution in [-0.2, 0) is 27.1 Å². The van der Waals surface area contributed by atoms with E-state index in [0.717, 1.165) is 62.5 Å². The molecule has 4 heteroatoms. The topological polar surface area (TPSA) is 43.4 Å². The number of hydrogen-bond donors (Lipinski definition) is 0. The molecule has 22 heavy (non-hydrogen) atoms. The first kappa shape index (κ1) is 19.2. The standard InChI is InChI=1S/C18H30O3S/c1-4-7-11-16-12-10-14-18(17(16)13-8-5-2)22(19,20)21-15-9-6-3/h10,12,14H,4-9,11,13,15H2,1-3H3. The summed E-state index contributed by atoms with van der Waals surface area (Å²) in [5.41, 5.74) is 2.13. The van der Waals surface area contributed by atoms with E-state index < -0.39 is 10.1 Å². The van der Waals surface area contributed by atoms with Crippen molar-refractivity contribution in [2.75, 3.05) is 6.61 Å². The Labute approximate surface area is 136 Å². The molecule has 0 saturated carbocycles. The summed E-state index contributed by atoms with van der Waals surface area (Å²) in [4.78, 5) is 0.380. The van der Waals surface area contributed by atoms with Gasteiger partial charge in [0.2, 0.25) is 0 Å². The molecule has 0 aromatic heterocycles. The van der Waals surface area contributed by atoms with Gasteiger partial charge in [-0.15, -0.1) is 0 Å². The number of rotatable bonds is 11. The second kappa shape index (κ2) is 10.0. The monoisotopic (exact) mass is 326 g/mol. The van der Waals surface area contributed by atoms with Gasteiger partial charge in [0, 0.05) is 0 Å². The van der Waals surface area contributed by atoms with E-state index in [0.29, 0.717) is 4.90 Å². The molecule has 1 aromatic carbocycles. The van der Waals surface area contributed by atoms with Crippen molar-refractivity contribution in [1.29, 1.82) is 0 Å². The summed E-state index contributed by atoms with van der Waals surface area (Å²) in [6.45, 7) is 6.57. The minimum Gasteiger partial charge on any atom is -0.266 e. The maximum atomic E-state index is 12.5. The minimum atomic E-state index is -3.64. The summed E-state index contributed by atoms with van der Waals surface area (Å²) >= 11 is 0. The average Bonchev–Trinajstić information content (AvgIpc) is 2.51. The Morgan fingerprint density at radius 3 is 2.18 bits per heavy atom. The smallest absolute Gasteiger partial charge is 0.266 e. The first-order chi connectivity index (χ1) is 10.6. The van der Waals surface area contributed by atoms with Gasteiger partial charge >= 0.3 is 0 Å². The van der Waals surface area contributed by atoms with Crippen LogP contribution >= 0.6 is 0 Å². The van der Waals surface area contributed by atoms with Gasteiger partial charge < -0.3 is 0 Å². The van der Waals surface area contributed by atoms with E-state index in [1.54, 1.807) is 6.07 Å². The zero-order chi connectivity index (χ0) is 16.4. The summed E-state index contributed by atoms with van der Waals surface area (Å²) in [6, 6.07) is 5.60. The quantitative estimate of drug-likeness (QED) is 0.430. The molecule has 0 atom stereocenters. The molecule has 0 heterocycles. The van der Waals surface area contributed by atoms with Gasteiger partial charge in [0.05, 0.1) is 11.5 Å². The lowest BCUT2D eigenvalue weighted by Gasteiger charge is -2.15. The fourth-order valence-electron chi connectivity index (χ4n) is 2.46. The lowest BCUT2D eigenvalue weighted by molar-refractivity contribution is 0.310. The zero-order valence-corrected chi connectivity index (χ0v) is 15.0. The molecule has 0 fully saturated rings. The van der Waals surface area contributed by atoms with Crippen molar-refractivity contribution in [3.05, 3.63) is 29.3 Å². The number of benzene rings is 1. The van der Waals surface area contributed by atoms with Crippen LogP contribution < -0.4 is 0 Å². The Bertz CT molecular complexity index is 535. The van der Waals surface area contributed by atoms with Crippen molar-refractivity contribution >= 4 is 10.1 Å². The number of unbranched alkanes of at least 4 members (excludes halogenated alkanes) is 3. The predicted molar refractivity (Wildman–Crippen MR) is 91.7 cm³/mol. The van der Waals surface area contributed by atoms with Gasteiger partial charge in [-0.1, -0.05) is 52.2 Å². The molecular weight excluding hydrogens is 296 g/mol. The van der Waals surface area contributed by atoms with E-state index in [-0.39, 0.29) is 6.61 Å². The second-order valence-corrected chi connectivity index (χ2v) is 7.31. The normalized spacial score (nSPS) is 11.8. The van der Waals surface area contributed by atoms with Crippen LogP contribution in [0.15, 0.2) is 23.1 Å². The van der Waals surface area contributed by atoms with Gasteiger partial charge in [0.15, 0.2) is 0 Å². The molecule has 0 spiro atoms. The molecule has 0 bridgehead atoms. The third kappa shape index (κ3) is 5.73. The van der Waals surface area contributed by atoms with Crippen molar-refractivity contribution in [1.82, 2.24) is 0 Å². The molecular formula is C18H30O3S. The fourth-order valence-corrected chi connectivity index (χ4v) is 3.70. The number of hydrogen-bond acceptors (Lipinski definition) is 3. The molecule has 126 valence electrons. The van der Waals surface area contributed by atoms with Gasteiger partial charge in [-0.05, 0) is 49.3 Å². The number of aryl methyl sites for hydroxylation is 1. The summed E-state index contributed by atoms with van der Waals surface area (Å²) in [5, 5.41) is 0. The molecule has 0 unspecified atom stereocenters. The molecule has 0 amide bonds. The van der Waals surface area contributed by atoms with Gasteiger partial charge in [0.1, 0.15) is 0 Å². The van der Waals surface area contributed by atoms with Crippen LogP contribution in [0.4, 0.5) is 0 Å². The maximum Gasteiger partial charge on any atom is 0.297 e. The largest absolute Gasteiger partial charge is 0.297 e. The van der Waals surface area contributed by atoms with Crippen LogP contribution in [0.2, 0.25) is 0 Å². The Kier molecular flexibility index (Phi) is 8.72. The minimum absolute atomic E-state index is 0.269. The predicted octanol–water partition coefficient (Wildman–Crippen LogP) is 4.88. The Morgan fingerprint density at radius 2 is 1.55 bits per heavy atom. The average molecular weight is 327 g/mol. The van der Waals surface area contributed by atoms with Crippen LogP contribution in [0.5, 0.6) is 0 Å². The summed E-state index contributed by atoms with van der Waals surface area (Å²) in [5.74, 6) is 0. The molecule has 1 aromatic rings. The third-order valence-corrected chi connectivity index (χ3v) is 5.21. The first-order valence-corrected chi connectivity index (χ1v) is 9.97. The van der Waals surface area contributed by atoms with Crippen LogP contribution in [0, 0.1) is 0 Å². The molecule has 3 nitrogen and oxygen atoms in total.